The Bertz CT molecular complexity index is 711. The normalized spacial score (nSPS) is 12.4. The van der Waals surface area contributed by atoms with E-state index in [1.165, 1.54) is 173 Å². The third-order valence-corrected chi connectivity index (χ3v) is 13.5. The molecule has 294 valence electrons. The van der Waals surface area contributed by atoms with Gasteiger partial charge in [0.2, 0.25) is 0 Å². The first-order chi connectivity index (χ1) is 23.3. The Kier molecular flexibility index (Phi) is 43.1. The molecule has 0 radical (unpaired) electrons. The van der Waals surface area contributed by atoms with Crippen LogP contribution in [0, 0.1) is 0 Å². The summed E-state index contributed by atoms with van der Waals surface area (Å²) in [5.41, 5.74) is 0. The average Bonchev–Trinajstić information content (AvgIpc) is 3.05. The molecule has 0 saturated carbocycles. The molecular formula is C42H86INO2P2S. The largest absolute Gasteiger partial charge is 1.00 e. The van der Waals surface area contributed by atoms with E-state index in [0.717, 1.165) is 39.0 Å². The maximum Gasteiger partial charge on any atom is 0.261 e. The number of unbranched alkanes of at least 4 members (excludes halogenated alkanes) is 24. The van der Waals surface area contributed by atoms with Crippen LogP contribution in [0.3, 0.4) is 0 Å². The summed E-state index contributed by atoms with van der Waals surface area (Å²) in [5, 5.41) is 3.56. The zero-order chi connectivity index (χ0) is 35.3. The van der Waals surface area contributed by atoms with Gasteiger partial charge in [-0.2, -0.15) is 0 Å². The van der Waals surface area contributed by atoms with Gasteiger partial charge >= 0.3 is 0 Å². The molecule has 0 aromatic rings. The van der Waals surface area contributed by atoms with E-state index < -0.39 is 13.9 Å². The first-order valence-electron chi connectivity index (χ1n) is 21.1. The Labute approximate surface area is 332 Å². The fourth-order valence-electron chi connectivity index (χ4n) is 5.97. The molecule has 0 atom stereocenters. The second kappa shape index (κ2) is 40.4. The van der Waals surface area contributed by atoms with Crippen LogP contribution in [0.1, 0.15) is 200 Å². The van der Waals surface area contributed by atoms with Crippen molar-refractivity contribution < 1.29 is 33.0 Å². The van der Waals surface area contributed by atoms with E-state index in [1.807, 2.05) is 0 Å². The van der Waals surface area contributed by atoms with Gasteiger partial charge in [0.05, 0.1) is 19.4 Å². The van der Waals surface area contributed by atoms with Crippen molar-refractivity contribution in [3.8, 4) is 0 Å². The highest BCUT2D eigenvalue weighted by Gasteiger charge is 2.20. The summed E-state index contributed by atoms with van der Waals surface area (Å²) in [6.45, 7) is 11.8. The van der Waals surface area contributed by atoms with Crippen LogP contribution >= 0.6 is 13.9 Å². The minimum atomic E-state index is -2.40. The van der Waals surface area contributed by atoms with Crippen molar-refractivity contribution in [1.82, 2.24) is 5.09 Å². The van der Waals surface area contributed by atoms with Gasteiger partial charge in [-0.05, 0) is 82.4 Å². The van der Waals surface area contributed by atoms with Gasteiger partial charge in [0.25, 0.3) is 6.64 Å². The number of hydrogen-bond donors (Lipinski definition) is 1. The zero-order valence-electron chi connectivity index (χ0n) is 33.6. The number of nitrogens with one attached hydrogen (secondary N) is 1. The van der Waals surface area contributed by atoms with Crippen molar-refractivity contribution in [3.05, 3.63) is 24.3 Å². The maximum absolute atomic E-state index is 6.30. The van der Waals surface area contributed by atoms with Crippen LogP contribution in [0.15, 0.2) is 24.3 Å². The number of hydrogen-bond acceptors (Lipinski definition) is 3. The van der Waals surface area contributed by atoms with Crippen LogP contribution in [0.25, 0.3) is 0 Å². The Balaban J connectivity index is 0. The van der Waals surface area contributed by atoms with Crippen molar-refractivity contribution in [2.45, 2.75) is 200 Å². The molecule has 0 fully saturated rings. The lowest BCUT2D eigenvalue weighted by Crippen LogP contribution is -3.00. The first kappa shape index (κ1) is 52.3. The summed E-state index contributed by atoms with van der Waals surface area (Å²) >= 11 is 5.98. The highest BCUT2D eigenvalue weighted by atomic mass is 127. The van der Waals surface area contributed by atoms with Gasteiger partial charge in [-0.3, -0.25) is 0 Å². The molecule has 0 rings (SSSR count). The highest BCUT2D eigenvalue weighted by molar-refractivity contribution is 8.08. The molecule has 0 unspecified atom stereocenters. The zero-order valence-corrected chi connectivity index (χ0v) is 38.4. The molecule has 0 aliphatic rings. The molecule has 0 saturated heterocycles. The molecule has 1 N–H and O–H groups in total. The van der Waals surface area contributed by atoms with Crippen molar-refractivity contribution >= 4 is 25.7 Å². The van der Waals surface area contributed by atoms with Gasteiger partial charge < -0.3 is 33.0 Å². The second-order valence-corrected chi connectivity index (χ2v) is 23.6. The number of rotatable bonds is 39. The molecule has 0 aliphatic carbocycles. The van der Waals surface area contributed by atoms with Gasteiger partial charge in [-0.25, -0.2) is 5.09 Å². The monoisotopic (exact) mass is 857 g/mol. The van der Waals surface area contributed by atoms with E-state index >= 15 is 0 Å². The number of halogens is 1. The molecule has 0 spiro atoms. The minimum absolute atomic E-state index is 0. The standard InChI is InChI=1S/C42H86NO2P2S.HI/c1-6-8-10-12-14-16-18-20-22-24-26-28-30-32-34-36-40-44-47(48,43-39-38-42-46(3,4)5)45-41-37-35-33-31-29-27-25-23-21-19-17-15-13-11-9-7-2;/h20-23H,6-19,24-42H2,1-5H3,(H,43,48);1H/q+1;/p-1/b22-20-,23-21-;. The summed E-state index contributed by atoms with van der Waals surface area (Å²) in [4.78, 5) is 0. The van der Waals surface area contributed by atoms with E-state index in [9.17, 15) is 0 Å². The predicted molar refractivity (Wildman–Crippen MR) is 227 cm³/mol. The highest BCUT2D eigenvalue weighted by Crippen LogP contribution is 2.48. The van der Waals surface area contributed by atoms with Crippen LogP contribution < -0.4 is 29.1 Å². The lowest BCUT2D eigenvalue weighted by molar-refractivity contribution is -0.0000127. The summed E-state index contributed by atoms with van der Waals surface area (Å²) < 4.78 is 12.6. The van der Waals surface area contributed by atoms with Crippen LogP contribution in [0.2, 0.25) is 0 Å². The van der Waals surface area contributed by atoms with Gasteiger partial charge in [0.1, 0.15) is 0 Å². The van der Waals surface area contributed by atoms with E-state index in [-0.39, 0.29) is 24.0 Å². The van der Waals surface area contributed by atoms with Crippen LogP contribution in [0.5, 0.6) is 0 Å². The van der Waals surface area contributed by atoms with E-state index in [2.05, 4.69) is 63.2 Å². The molecule has 0 amide bonds. The van der Waals surface area contributed by atoms with E-state index in [1.54, 1.807) is 0 Å². The van der Waals surface area contributed by atoms with Crippen molar-refractivity contribution in [2.75, 3.05) is 45.9 Å². The topological polar surface area (TPSA) is 30.5 Å². The lowest BCUT2D eigenvalue weighted by atomic mass is 10.1. The molecule has 49 heavy (non-hydrogen) atoms. The van der Waals surface area contributed by atoms with Gasteiger partial charge in [-0.1, -0.05) is 154 Å². The maximum atomic E-state index is 6.30. The van der Waals surface area contributed by atoms with Gasteiger partial charge in [-0.15, -0.1) is 0 Å². The summed E-state index contributed by atoms with van der Waals surface area (Å²) in [5.74, 6) is 0. The fourth-order valence-corrected chi connectivity index (χ4v) is 9.22. The molecule has 0 aromatic carbocycles. The molecule has 0 aromatic heterocycles. The number of allylic oxidation sites excluding steroid dienone is 4. The van der Waals surface area contributed by atoms with Gasteiger partial charge in [0.15, 0.2) is 0 Å². The first-order valence-corrected chi connectivity index (χ1v) is 27.0. The van der Waals surface area contributed by atoms with E-state index in [4.69, 9.17) is 20.9 Å². The van der Waals surface area contributed by atoms with Crippen molar-refractivity contribution in [1.29, 1.82) is 0 Å². The van der Waals surface area contributed by atoms with Crippen molar-refractivity contribution in [3.63, 3.8) is 0 Å². The second-order valence-electron chi connectivity index (χ2n) is 15.3. The fraction of sp³-hybridized carbons (Fsp3) is 0.905. The lowest BCUT2D eigenvalue weighted by Gasteiger charge is -2.24. The third-order valence-electron chi connectivity index (χ3n) is 9.15. The quantitative estimate of drug-likeness (QED) is 0.0289. The van der Waals surface area contributed by atoms with Crippen LogP contribution in [-0.4, -0.2) is 45.9 Å². The van der Waals surface area contributed by atoms with Crippen molar-refractivity contribution in [2.24, 2.45) is 0 Å². The summed E-state index contributed by atoms with van der Waals surface area (Å²) in [6, 6.07) is 0. The SMILES string of the molecule is CCCCCCCC/C=C\CCCCCCCCOP(=S)(NCCC[P+](C)(C)C)OCCCCCCCC/C=C\CCCCCCCC.[I-]. The Morgan fingerprint density at radius 2 is 0.776 bits per heavy atom. The molecular weight excluding hydrogens is 771 g/mol. The smallest absolute Gasteiger partial charge is 0.261 e. The molecule has 0 aliphatic heterocycles. The predicted octanol–water partition coefficient (Wildman–Crippen LogP) is 12.2. The van der Waals surface area contributed by atoms with Gasteiger partial charge in [0, 0.05) is 33.8 Å². The summed E-state index contributed by atoms with van der Waals surface area (Å²) in [7, 11) is -0.760. The minimum Gasteiger partial charge on any atom is -1.00 e. The molecule has 3 nitrogen and oxygen atoms in total. The summed E-state index contributed by atoms with van der Waals surface area (Å²) in [6.07, 6.45) is 49.1. The van der Waals surface area contributed by atoms with E-state index in [0.29, 0.717) is 0 Å². The Morgan fingerprint density at radius 1 is 0.469 bits per heavy atom. The van der Waals surface area contributed by atoms with Crippen LogP contribution in [0.4, 0.5) is 0 Å². The average molecular weight is 858 g/mol. The molecule has 0 bridgehead atoms. The molecule has 0 heterocycles. The third kappa shape index (κ3) is 43.5. The molecule has 7 heteroatoms. The van der Waals surface area contributed by atoms with Crippen LogP contribution in [-0.2, 0) is 20.9 Å². The Morgan fingerprint density at radius 3 is 1.10 bits per heavy atom. The Hall–Kier alpha value is 1.17.